The van der Waals surface area contributed by atoms with E-state index >= 15 is 0 Å². The van der Waals surface area contributed by atoms with E-state index in [1.54, 1.807) is 4.90 Å². The highest BCUT2D eigenvalue weighted by atomic mass is 16.6. The third kappa shape index (κ3) is 4.30. The molecule has 0 heterocycles. The van der Waals surface area contributed by atoms with Gasteiger partial charge in [-0.15, -0.1) is 12.3 Å². The van der Waals surface area contributed by atoms with Crippen LogP contribution in [-0.2, 0) is 4.74 Å². The molecule has 1 fully saturated rings. The summed E-state index contributed by atoms with van der Waals surface area (Å²) < 4.78 is 5.35. The quantitative estimate of drug-likeness (QED) is 0.656. The van der Waals surface area contributed by atoms with Crippen molar-refractivity contribution >= 4 is 6.09 Å². The van der Waals surface area contributed by atoms with Gasteiger partial charge in [-0.25, -0.2) is 4.79 Å². The molecule has 1 rings (SSSR count). The summed E-state index contributed by atoms with van der Waals surface area (Å²) in [5.74, 6) is 3.18. The predicted octanol–water partition coefficient (Wildman–Crippen LogP) is 3.05. The summed E-state index contributed by atoms with van der Waals surface area (Å²) in [4.78, 5) is 13.6. The van der Waals surface area contributed by atoms with Gasteiger partial charge in [-0.2, -0.15) is 0 Å². The molecule has 96 valence electrons. The number of carbonyl (C=O) groups is 1. The van der Waals surface area contributed by atoms with Gasteiger partial charge in [0.2, 0.25) is 0 Å². The molecule has 0 bridgehead atoms. The molecule has 1 saturated carbocycles. The van der Waals surface area contributed by atoms with Crippen molar-refractivity contribution in [2.45, 2.75) is 58.1 Å². The smallest absolute Gasteiger partial charge is 0.410 e. The van der Waals surface area contributed by atoms with Crippen LogP contribution < -0.4 is 0 Å². The normalized spacial score (nSPS) is 24.9. The lowest BCUT2D eigenvalue weighted by Crippen LogP contribution is -2.42. The molecule has 0 aliphatic heterocycles. The van der Waals surface area contributed by atoms with Crippen LogP contribution in [0.2, 0.25) is 0 Å². The lowest BCUT2D eigenvalue weighted by Gasteiger charge is -2.34. The van der Waals surface area contributed by atoms with E-state index in [1.165, 1.54) is 0 Å². The number of ether oxygens (including phenoxy) is 1. The minimum atomic E-state index is -0.429. The molecule has 3 heteroatoms. The molecule has 0 aromatic rings. The van der Waals surface area contributed by atoms with E-state index in [0.717, 1.165) is 25.7 Å². The summed E-state index contributed by atoms with van der Waals surface area (Å²) in [6.07, 6.45) is 9.15. The zero-order chi connectivity index (χ0) is 13.1. The van der Waals surface area contributed by atoms with Crippen molar-refractivity contribution in [1.29, 1.82) is 0 Å². The van der Waals surface area contributed by atoms with Crippen molar-refractivity contribution in [1.82, 2.24) is 4.90 Å². The highest BCUT2D eigenvalue weighted by Crippen LogP contribution is 2.27. The van der Waals surface area contributed by atoms with Gasteiger partial charge in [-0.3, -0.25) is 0 Å². The first-order valence-corrected chi connectivity index (χ1v) is 6.25. The minimum Gasteiger partial charge on any atom is -0.444 e. The number of terminal acetylenes is 1. The standard InChI is InChI=1S/C14H23NO2/c1-6-11-7-9-12(10-8-11)15(5)13(16)17-14(2,3)4/h1,11-12H,7-10H2,2-5H3. The van der Waals surface area contributed by atoms with E-state index in [1.807, 2.05) is 27.8 Å². The van der Waals surface area contributed by atoms with E-state index < -0.39 is 5.60 Å². The Bertz CT molecular complexity index is 303. The van der Waals surface area contributed by atoms with Crippen LogP contribution in [0.4, 0.5) is 4.79 Å². The molecule has 1 aliphatic carbocycles. The lowest BCUT2D eigenvalue weighted by molar-refractivity contribution is 0.0180. The van der Waals surface area contributed by atoms with Crippen LogP contribution in [0.25, 0.3) is 0 Å². The molecule has 0 aromatic carbocycles. The van der Waals surface area contributed by atoms with Gasteiger partial charge in [-0.05, 0) is 46.5 Å². The number of nitrogens with zero attached hydrogens (tertiary/aromatic N) is 1. The summed E-state index contributed by atoms with van der Waals surface area (Å²) >= 11 is 0. The number of hydrogen-bond acceptors (Lipinski definition) is 2. The van der Waals surface area contributed by atoms with Gasteiger partial charge in [0.1, 0.15) is 5.60 Å². The monoisotopic (exact) mass is 237 g/mol. The molecular weight excluding hydrogens is 214 g/mol. The van der Waals surface area contributed by atoms with Crippen LogP contribution in [0.3, 0.4) is 0 Å². The highest BCUT2D eigenvalue weighted by Gasteiger charge is 2.28. The maximum Gasteiger partial charge on any atom is 0.410 e. The maximum absolute atomic E-state index is 11.9. The minimum absolute atomic E-state index is 0.235. The van der Waals surface area contributed by atoms with Crippen LogP contribution in [0.5, 0.6) is 0 Å². The van der Waals surface area contributed by atoms with Crippen LogP contribution in [-0.4, -0.2) is 29.7 Å². The maximum atomic E-state index is 11.9. The number of rotatable bonds is 1. The van der Waals surface area contributed by atoms with Crippen LogP contribution >= 0.6 is 0 Å². The molecule has 0 saturated heterocycles. The number of carbonyl (C=O) groups excluding carboxylic acids is 1. The second-order valence-corrected chi connectivity index (χ2v) is 5.76. The lowest BCUT2D eigenvalue weighted by atomic mass is 9.86. The first kappa shape index (κ1) is 13.9. The van der Waals surface area contributed by atoms with E-state index in [0.29, 0.717) is 5.92 Å². The van der Waals surface area contributed by atoms with Crippen LogP contribution in [0.15, 0.2) is 0 Å². The third-order valence-corrected chi connectivity index (χ3v) is 3.16. The molecule has 0 spiro atoms. The van der Waals surface area contributed by atoms with Crippen LogP contribution in [0.1, 0.15) is 46.5 Å². The van der Waals surface area contributed by atoms with Crippen molar-refractivity contribution < 1.29 is 9.53 Å². The molecular formula is C14H23NO2. The van der Waals surface area contributed by atoms with E-state index in [2.05, 4.69) is 5.92 Å². The Morgan fingerprint density at radius 2 is 1.82 bits per heavy atom. The molecule has 0 atom stereocenters. The number of amides is 1. The summed E-state index contributed by atoms with van der Waals surface area (Å²) in [7, 11) is 1.81. The summed E-state index contributed by atoms with van der Waals surface area (Å²) in [5, 5.41) is 0. The first-order valence-electron chi connectivity index (χ1n) is 6.25. The van der Waals surface area contributed by atoms with Gasteiger partial charge in [0, 0.05) is 19.0 Å². The largest absolute Gasteiger partial charge is 0.444 e. The van der Waals surface area contributed by atoms with Crippen molar-refractivity contribution in [2.75, 3.05) is 7.05 Å². The Labute approximate surface area is 105 Å². The van der Waals surface area contributed by atoms with Crippen molar-refractivity contribution in [3.05, 3.63) is 0 Å². The zero-order valence-electron chi connectivity index (χ0n) is 11.3. The second kappa shape index (κ2) is 5.44. The van der Waals surface area contributed by atoms with Crippen molar-refractivity contribution in [3.63, 3.8) is 0 Å². The highest BCUT2D eigenvalue weighted by molar-refractivity contribution is 5.68. The fourth-order valence-electron chi connectivity index (χ4n) is 2.11. The van der Waals surface area contributed by atoms with Gasteiger partial charge < -0.3 is 9.64 Å². The molecule has 0 radical (unpaired) electrons. The fourth-order valence-corrected chi connectivity index (χ4v) is 2.11. The van der Waals surface area contributed by atoms with E-state index in [4.69, 9.17) is 11.2 Å². The Morgan fingerprint density at radius 1 is 1.29 bits per heavy atom. The van der Waals surface area contributed by atoms with E-state index in [9.17, 15) is 4.79 Å². The average Bonchev–Trinajstić information content (AvgIpc) is 2.26. The van der Waals surface area contributed by atoms with Crippen LogP contribution in [0, 0.1) is 18.3 Å². The van der Waals surface area contributed by atoms with Gasteiger partial charge in [0.25, 0.3) is 0 Å². The number of hydrogen-bond donors (Lipinski definition) is 0. The summed E-state index contributed by atoms with van der Waals surface area (Å²) in [6.45, 7) is 5.65. The summed E-state index contributed by atoms with van der Waals surface area (Å²) in [5.41, 5.74) is -0.429. The zero-order valence-corrected chi connectivity index (χ0v) is 11.3. The Hall–Kier alpha value is -1.17. The topological polar surface area (TPSA) is 29.5 Å². The van der Waals surface area contributed by atoms with E-state index in [-0.39, 0.29) is 12.1 Å². The Morgan fingerprint density at radius 3 is 2.24 bits per heavy atom. The fraction of sp³-hybridized carbons (Fsp3) is 0.786. The van der Waals surface area contributed by atoms with Gasteiger partial charge in [0.05, 0.1) is 0 Å². The molecule has 3 nitrogen and oxygen atoms in total. The summed E-state index contributed by atoms with van der Waals surface area (Å²) in [6, 6.07) is 0.273. The molecule has 1 amide bonds. The molecule has 0 N–H and O–H groups in total. The first-order chi connectivity index (χ1) is 7.83. The molecule has 0 unspecified atom stereocenters. The second-order valence-electron chi connectivity index (χ2n) is 5.76. The molecule has 17 heavy (non-hydrogen) atoms. The predicted molar refractivity (Wildman–Crippen MR) is 68.6 cm³/mol. The molecule has 1 aliphatic rings. The average molecular weight is 237 g/mol. The Kier molecular flexibility index (Phi) is 4.45. The van der Waals surface area contributed by atoms with Gasteiger partial charge >= 0.3 is 6.09 Å². The van der Waals surface area contributed by atoms with Crippen molar-refractivity contribution in [3.8, 4) is 12.3 Å². The SMILES string of the molecule is C#CC1CCC(N(C)C(=O)OC(C)(C)C)CC1. The third-order valence-electron chi connectivity index (χ3n) is 3.16. The molecule has 0 aromatic heterocycles. The van der Waals surface area contributed by atoms with Crippen molar-refractivity contribution in [2.24, 2.45) is 5.92 Å². The van der Waals surface area contributed by atoms with Gasteiger partial charge in [-0.1, -0.05) is 0 Å². The Balaban J connectivity index is 2.46. The van der Waals surface area contributed by atoms with Gasteiger partial charge in [0.15, 0.2) is 0 Å².